The predicted molar refractivity (Wildman–Crippen MR) is 613 cm³/mol. The van der Waals surface area contributed by atoms with Crippen LogP contribution in [0.4, 0.5) is 9.93 Å². The fourth-order valence-corrected chi connectivity index (χ4v) is 12.9. The number of rotatable bonds is 42. The summed E-state index contributed by atoms with van der Waals surface area (Å²) < 4.78 is 50.9. The van der Waals surface area contributed by atoms with Crippen molar-refractivity contribution in [2.24, 2.45) is 86.6 Å². The summed E-state index contributed by atoms with van der Waals surface area (Å²) in [6, 6.07) is 0. The van der Waals surface area contributed by atoms with Crippen LogP contribution in [0, 0.1) is 76.6 Å². The number of nitrogens with one attached hydrogen (secondary N) is 10. The van der Waals surface area contributed by atoms with Crippen molar-refractivity contribution in [3.63, 3.8) is 0 Å². The Balaban J connectivity index is -0.000000173. The molecule has 40 heteroatoms. The number of guanidine groups is 4. The second-order valence-electron chi connectivity index (χ2n) is 48.5. The smallest absolute Gasteiger partial charge is 0.433 e. The molecule has 0 radical (unpaired) electrons. The van der Waals surface area contributed by atoms with E-state index >= 15 is 0 Å². The zero-order valence-corrected chi connectivity index (χ0v) is 103. The van der Waals surface area contributed by atoms with Gasteiger partial charge in [0.15, 0.2) is 22.1 Å². The number of aliphatic hydroxyl groups is 1. The predicted octanol–water partition coefficient (Wildman–Crippen LogP) is 20.2. The lowest BCUT2D eigenvalue weighted by molar-refractivity contribution is -0.485. The Labute approximate surface area is 891 Å². The molecule has 866 valence electrons. The first-order valence-corrected chi connectivity index (χ1v) is 56.7. The number of thiazole rings is 1. The quantitative estimate of drug-likeness (QED) is 0.00722. The Hall–Kier alpha value is -7.24. The van der Waals surface area contributed by atoms with Crippen molar-refractivity contribution in [3.05, 3.63) is 21.7 Å². The molecule has 0 aliphatic rings. The molecule has 1 rings (SSSR count). The van der Waals surface area contributed by atoms with Crippen LogP contribution in [0.1, 0.15) is 390 Å². The van der Waals surface area contributed by atoms with E-state index in [2.05, 4.69) is 297 Å². The number of ether oxygens (including phenoxy) is 1. The van der Waals surface area contributed by atoms with E-state index in [1.807, 2.05) is 65.4 Å². The maximum atomic E-state index is 11.2. The van der Waals surface area contributed by atoms with Gasteiger partial charge in [0.1, 0.15) is 11.7 Å². The number of aliphatic hydroxyl groups excluding tert-OH is 1. The van der Waals surface area contributed by atoms with Gasteiger partial charge in [-0.3, -0.25) is 54.5 Å². The zero-order chi connectivity index (χ0) is 116. The zero-order valence-electron chi connectivity index (χ0n) is 101. The highest BCUT2D eigenvalue weighted by Crippen LogP contribution is 2.27. The molecule has 0 aromatic carbocycles. The Morgan fingerprint density at radius 1 is 0.476 bits per heavy atom. The van der Waals surface area contributed by atoms with E-state index in [4.69, 9.17) is 20.7 Å². The molecule has 37 nitrogen and oxygen atoms in total. The lowest BCUT2D eigenvalue weighted by Crippen LogP contribution is -2.39. The first-order chi connectivity index (χ1) is 65.8. The number of hydrogen-bond acceptors (Lipinski definition) is 22. The normalized spacial score (nSPS) is 12.1. The Kier molecular flexibility index (Phi) is 95.2. The van der Waals surface area contributed by atoms with E-state index < -0.39 is 37.8 Å². The number of methoxy groups -OCH3 is 1. The van der Waals surface area contributed by atoms with E-state index in [9.17, 15) is 50.9 Å². The van der Waals surface area contributed by atoms with Crippen LogP contribution in [-0.4, -0.2) is 280 Å². The Morgan fingerprint density at radius 3 is 1.12 bits per heavy atom. The molecule has 1 aromatic rings. The number of hydroxylamine groups is 5. The highest BCUT2D eigenvalue weighted by Gasteiger charge is 2.21. The summed E-state index contributed by atoms with van der Waals surface area (Å²) in [4.78, 5) is 84.1. The van der Waals surface area contributed by atoms with Gasteiger partial charge in [0.05, 0.1) is 26.2 Å². The summed E-state index contributed by atoms with van der Waals surface area (Å²) in [5.74, 6) is 3.61. The van der Waals surface area contributed by atoms with Crippen molar-refractivity contribution >= 4 is 90.1 Å². The van der Waals surface area contributed by atoms with E-state index in [1.165, 1.54) is 52.6 Å². The minimum atomic E-state index is -3.43. The highest BCUT2D eigenvalue weighted by atomic mass is 32.2. The van der Waals surface area contributed by atoms with E-state index in [0.29, 0.717) is 100.0 Å². The van der Waals surface area contributed by atoms with Crippen molar-refractivity contribution < 1.29 is 71.3 Å². The number of nitro groups is 1. The van der Waals surface area contributed by atoms with Gasteiger partial charge in [-0.25, -0.2) is 41.8 Å². The van der Waals surface area contributed by atoms with Crippen LogP contribution in [0.2, 0.25) is 0 Å². The van der Waals surface area contributed by atoms with Crippen molar-refractivity contribution in [1.82, 2.24) is 76.6 Å². The molecule has 0 aliphatic carbocycles. The average molecular weight is 2140 g/mol. The third-order valence-electron chi connectivity index (χ3n) is 19.5. The molecule has 0 saturated heterocycles. The number of aromatic nitrogens is 1. The van der Waals surface area contributed by atoms with Crippen LogP contribution in [-0.2, 0) is 44.0 Å². The van der Waals surface area contributed by atoms with Crippen molar-refractivity contribution in [1.29, 1.82) is 0 Å². The van der Waals surface area contributed by atoms with Gasteiger partial charge in [0.2, 0.25) is 49.6 Å². The molecule has 0 atom stereocenters. The second kappa shape index (κ2) is 87.5. The van der Waals surface area contributed by atoms with Gasteiger partial charge in [-0.2, -0.15) is 5.06 Å². The summed E-state index contributed by atoms with van der Waals surface area (Å²) in [6.07, 6.45) is 27.0. The van der Waals surface area contributed by atoms with Crippen LogP contribution in [0.25, 0.3) is 0 Å². The third-order valence-corrected chi connectivity index (χ3v) is 21.7. The number of sulfonamides is 2. The second-order valence-corrected chi connectivity index (χ2v) is 53.0. The SMILES string of the molecule is CC(=O)N(O)CCCC(C)(C)C.CC(C)(C)CCCN(O)S(C)(=O)=O.CC(C)(C)CCCNc1nccs1.CC(C)C(=O)NCCCC(C)(C)C.CC(C)CCCNC(=O)CO.CCC(=O)NCCCC(C)(C)C.CN(C)C(=NCCCC(C)(C)C)NS(C)(=O)=O.CN/C(=N\[N+](=O)[O-])NCCCC(C)C.CN=C(NC)NCCCC(C)(C)C.CN=C(NCCCC(C)(C)C)N(C)C.COC(=O)N(O)CCCC(C)(C)C. The van der Waals surface area contributed by atoms with Crippen molar-refractivity contribution in [2.75, 3.05) is 160 Å². The van der Waals surface area contributed by atoms with Gasteiger partial charge in [-0.15, -0.1) is 11.3 Å². The van der Waals surface area contributed by atoms with Crippen LogP contribution in [0.15, 0.2) is 31.7 Å². The number of carbonyl (C=O) groups excluding carboxylic acids is 5. The minimum absolute atomic E-state index is 0.106. The van der Waals surface area contributed by atoms with Crippen LogP contribution >= 0.6 is 11.3 Å². The number of nitrogens with zero attached hydrogens (tertiary/aromatic N) is 11. The number of carbonyl (C=O) groups is 5. The Bertz CT molecular complexity index is 3710. The van der Waals surface area contributed by atoms with Crippen molar-refractivity contribution in [2.45, 2.75) is 390 Å². The molecular formula is C105H227N21O16S3. The fraction of sp³-hybridized carbons (Fsp3) is 0.886. The summed E-state index contributed by atoms with van der Waals surface area (Å²) >= 11 is 1.66. The maximum absolute atomic E-state index is 11.2. The largest absolute Gasteiger partial charge is 0.451 e. The molecule has 0 aliphatic heterocycles. The minimum Gasteiger partial charge on any atom is -0.451 e. The van der Waals surface area contributed by atoms with E-state index in [1.54, 1.807) is 44.4 Å². The lowest BCUT2D eigenvalue weighted by atomic mass is 9.90. The summed E-state index contributed by atoms with van der Waals surface area (Å²) in [5, 5.41) is 79.0. The van der Waals surface area contributed by atoms with Gasteiger partial charge >= 0.3 is 6.09 Å². The van der Waals surface area contributed by atoms with Gasteiger partial charge in [0, 0.05) is 153 Å². The van der Waals surface area contributed by atoms with Gasteiger partial charge in [0.25, 0.3) is 5.96 Å². The summed E-state index contributed by atoms with van der Waals surface area (Å²) in [7, 11) is 9.15. The monoisotopic (exact) mass is 2130 g/mol. The molecule has 0 unspecified atom stereocenters. The molecule has 145 heavy (non-hydrogen) atoms. The summed E-state index contributed by atoms with van der Waals surface area (Å²) in [5.41, 5.74) is 3.06. The summed E-state index contributed by atoms with van der Waals surface area (Å²) in [6.45, 7) is 82.1. The molecule has 5 amide bonds. The molecular weight excluding hydrogens is 1910 g/mol. The number of hydrogen-bond donors (Lipinski definition) is 14. The number of aliphatic imine (C=N–C) groups is 3. The van der Waals surface area contributed by atoms with Crippen LogP contribution in [0.5, 0.6) is 0 Å². The van der Waals surface area contributed by atoms with Crippen LogP contribution in [0.3, 0.4) is 0 Å². The molecule has 1 aromatic heterocycles. The van der Waals surface area contributed by atoms with Gasteiger partial charge in [-0.1, -0.05) is 240 Å². The molecule has 0 saturated carbocycles. The highest BCUT2D eigenvalue weighted by molar-refractivity contribution is 7.89. The molecule has 0 bridgehead atoms. The topological polar surface area (TPSA) is 486 Å². The Morgan fingerprint density at radius 2 is 0.814 bits per heavy atom. The molecule has 0 spiro atoms. The molecule has 0 fully saturated rings. The first kappa shape index (κ1) is 158. The number of amides is 5. The van der Waals surface area contributed by atoms with E-state index in [0.717, 1.165) is 164 Å². The first-order valence-electron chi connectivity index (χ1n) is 52.1. The fourth-order valence-electron chi connectivity index (χ4n) is 11.3. The lowest BCUT2D eigenvalue weighted by Gasteiger charge is -2.20. The van der Waals surface area contributed by atoms with Crippen molar-refractivity contribution in [3.8, 4) is 0 Å². The molecule has 14 N–H and O–H groups in total. The van der Waals surface area contributed by atoms with Gasteiger partial charge in [-0.05, 0) is 202 Å². The van der Waals surface area contributed by atoms with E-state index in [-0.39, 0.29) is 63.7 Å². The average Bonchev–Trinajstić information content (AvgIpc) is 1.08. The number of hydrazone groups is 1. The third kappa shape index (κ3) is 143. The maximum Gasteiger partial charge on any atom is 0.433 e. The standard InChI is InChI=1S/C11H25N3O2S.C11H25N3.C11H23NO.C10H23N3.C10H18N2S.C10H21NO.C9H19NO3.C9H19NO2.C8H18N4O2.C8H19NO3S.C8H17NO2/c1-11(2,3)8-7-9-12-10(14(4)5)13-17(6,15)16;1-11(2,3)8-7-9-13-10(12-4)14(5)6;1-9(2)10(13)12-8-6-7-11(3,4)5;1-10(2,3)7-6-8-13-9(11-4)12-5;1-10(2,3)5-4-6-11-9-12-7-8-13-9;1-5-9(12)11-8-6-7-10(2,3)4;1-9(2,3)6-5-7-10(12)8(11)13-4;1-8(11)10(12)7-5-6-9(2,3)4;1-7(2)5-4-6-10-8(9-3)11-12(13)14;1-8(2,3)6-5-7-9(10)13(4,11)12;1-7(2)4-3-5-9-8(11)6-10/h7-9H2,1-6H3,(H,12,13);7-9H2,1-6H3,(H,12,13);9H,6-8H2,1-5H3,(H,12,13);6-8H2,1-5H3,(H2,11,12,13);7-8H,4-6H2,1-3H3,(H,11,12);5-8H2,1-4H3,(H,11,12);12H,5-7H2,1-4H3;12H,5-7H2,1-4H3;7H,4-6H2,1-3H3,(H2,9,10,11);10H,5-7H2,1-4H3;7,10H,3-6H2,1-2H3,(H,9,11). The van der Waals surface area contributed by atoms with Gasteiger partial charge < -0.3 is 67.5 Å². The molecule has 1 heterocycles. The van der Waals surface area contributed by atoms with Crippen LogP contribution < -0.4 is 52.6 Å². The number of anilines is 1.